The van der Waals surface area contributed by atoms with Crippen molar-refractivity contribution in [3.05, 3.63) is 113 Å². The van der Waals surface area contributed by atoms with Gasteiger partial charge in [0, 0.05) is 63.7 Å². The summed E-state index contributed by atoms with van der Waals surface area (Å²) in [5.41, 5.74) is 2.97. The molecule has 75 heavy (non-hydrogen) atoms. The van der Waals surface area contributed by atoms with Crippen LogP contribution in [0.5, 0.6) is 5.75 Å². The molecular weight excluding hydrogens is 970 g/mol. The summed E-state index contributed by atoms with van der Waals surface area (Å²) in [4.78, 5) is 88.7. The van der Waals surface area contributed by atoms with E-state index < -0.39 is 35.5 Å². The van der Waals surface area contributed by atoms with Crippen LogP contribution in [0.1, 0.15) is 100 Å². The highest BCUT2D eigenvalue weighted by molar-refractivity contribution is 6.23. The number of unbranched alkanes of at least 4 members (excludes halogenated alkanes) is 3. The van der Waals surface area contributed by atoms with Gasteiger partial charge in [0.05, 0.1) is 75.5 Å². The summed E-state index contributed by atoms with van der Waals surface area (Å²) in [6.45, 7) is 6.74. The topological polar surface area (TPSA) is 242 Å². The molecule has 21 nitrogen and oxygen atoms in total. The molecule has 3 aromatic carbocycles. The van der Waals surface area contributed by atoms with Gasteiger partial charge in [-0.1, -0.05) is 24.6 Å². The molecule has 6 amide bonds. The van der Waals surface area contributed by atoms with Gasteiger partial charge < -0.3 is 43.9 Å². The summed E-state index contributed by atoms with van der Waals surface area (Å²) in [7, 11) is 1.88. The van der Waals surface area contributed by atoms with Crippen molar-refractivity contribution in [2.24, 2.45) is 7.05 Å². The fourth-order valence-electron chi connectivity index (χ4n) is 8.96. The van der Waals surface area contributed by atoms with Crippen molar-refractivity contribution >= 4 is 46.8 Å². The lowest BCUT2D eigenvalue weighted by atomic mass is 10.0. The number of nitrogens with one attached hydrogen (secondary N) is 3. The summed E-state index contributed by atoms with van der Waals surface area (Å²) in [5.74, 6) is -1.53. The third-order valence-corrected chi connectivity index (χ3v) is 13.2. The number of carbonyl (C=O) groups excluding carboxylic acids is 6. The molecule has 3 N–H and O–H groups in total. The molecule has 0 spiro atoms. The lowest BCUT2D eigenvalue weighted by Gasteiger charge is -2.36. The summed E-state index contributed by atoms with van der Waals surface area (Å²) < 4.78 is 40.1. The van der Waals surface area contributed by atoms with Gasteiger partial charge in [0.2, 0.25) is 17.7 Å². The molecule has 8 rings (SSSR count). The number of benzene rings is 3. The molecule has 22 heteroatoms. The Bertz CT molecular complexity index is 2810. The number of piperazine rings is 1. The van der Waals surface area contributed by atoms with Crippen LogP contribution in [0.4, 0.5) is 15.8 Å². The van der Waals surface area contributed by atoms with Crippen LogP contribution in [-0.4, -0.2) is 148 Å². The van der Waals surface area contributed by atoms with Crippen LogP contribution >= 0.6 is 0 Å². The summed E-state index contributed by atoms with van der Waals surface area (Å²) >= 11 is 0. The van der Waals surface area contributed by atoms with Crippen LogP contribution in [0, 0.1) is 5.82 Å². The fraction of sp³-hybridized carbons (Fsp3) is 0.434. The molecule has 3 aliphatic heterocycles. The van der Waals surface area contributed by atoms with Crippen molar-refractivity contribution in [2.75, 3.05) is 82.6 Å². The maximum absolute atomic E-state index is 15.3. The Morgan fingerprint density at radius 2 is 1.52 bits per heavy atom. The van der Waals surface area contributed by atoms with Crippen molar-refractivity contribution in [3.8, 4) is 17.3 Å². The maximum Gasteiger partial charge on any atom is 0.262 e. The molecule has 2 aromatic heterocycles. The van der Waals surface area contributed by atoms with Gasteiger partial charge in [0.15, 0.2) is 11.6 Å². The van der Waals surface area contributed by atoms with E-state index in [-0.39, 0.29) is 60.5 Å². The Balaban J connectivity index is 0.610. The van der Waals surface area contributed by atoms with Crippen molar-refractivity contribution in [2.45, 2.75) is 70.5 Å². The first kappa shape index (κ1) is 53.6. The van der Waals surface area contributed by atoms with E-state index in [0.717, 1.165) is 53.6 Å². The van der Waals surface area contributed by atoms with E-state index in [0.29, 0.717) is 95.3 Å². The number of imide groups is 2. The number of anilines is 2. The normalized spacial score (nSPS) is 16.0. The SMILES string of the molecule is C[C@@H](NC(=O)c1cccc(NCc2nnc(-c3ccncn3)n2C)c1)c1ccc(OCCCCCCOCCOCCOCCC(=O)N2CCN(c3cc4c(cc3F)C(=O)N(C3CCC(=O)NC3=O)C4=O)CC2)cc1. The average Bonchev–Trinajstić information content (AvgIpc) is 3.92. The number of ether oxygens (including phenoxy) is 4. The molecule has 5 heterocycles. The number of hydrogen-bond donors (Lipinski definition) is 3. The number of fused-ring (bicyclic) bond motifs is 1. The van der Waals surface area contributed by atoms with E-state index >= 15 is 4.39 Å². The zero-order valence-corrected chi connectivity index (χ0v) is 42.1. The number of piperidine rings is 1. The average molecular weight is 1030 g/mol. The van der Waals surface area contributed by atoms with E-state index in [1.165, 1.54) is 12.4 Å². The second-order valence-electron chi connectivity index (χ2n) is 18.3. The van der Waals surface area contributed by atoms with Crippen LogP contribution in [0.2, 0.25) is 0 Å². The quantitative estimate of drug-likeness (QED) is 0.0505. The molecule has 0 radical (unpaired) electrons. The number of nitrogens with zero attached hydrogens (tertiary/aromatic N) is 8. The third kappa shape index (κ3) is 13.9. The molecule has 5 aromatic rings. The molecule has 0 bridgehead atoms. The molecule has 2 fully saturated rings. The Morgan fingerprint density at radius 3 is 2.24 bits per heavy atom. The molecule has 1 unspecified atom stereocenters. The first-order valence-corrected chi connectivity index (χ1v) is 25.3. The summed E-state index contributed by atoms with van der Waals surface area (Å²) in [5, 5.41) is 17.1. The van der Waals surface area contributed by atoms with Crippen molar-refractivity contribution in [3.63, 3.8) is 0 Å². The Kier molecular flexibility index (Phi) is 18.6. The summed E-state index contributed by atoms with van der Waals surface area (Å²) in [6.07, 6.45) is 7.18. The van der Waals surface area contributed by atoms with E-state index in [1.54, 1.807) is 28.1 Å². The van der Waals surface area contributed by atoms with E-state index in [4.69, 9.17) is 18.9 Å². The second-order valence-corrected chi connectivity index (χ2v) is 18.3. The minimum atomic E-state index is -1.14. The van der Waals surface area contributed by atoms with Gasteiger partial charge in [0.25, 0.3) is 17.7 Å². The highest BCUT2D eigenvalue weighted by atomic mass is 19.1. The van der Waals surface area contributed by atoms with E-state index in [9.17, 15) is 28.8 Å². The van der Waals surface area contributed by atoms with Crippen LogP contribution in [0.3, 0.4) is 0 Å². The minimum absolute atomic E-state index is 0.00180. The number of aromatic nitrogens is 5. The van der Waals surface area contributed by atoms with Crippen molar-refractivity contribution < 1.29 is 52.1 Å². The number of amides is 6. The lowest BCUT2D eigenvalue weighted by Crippen LogP contribution is -2.54. The number of rotatable bonds is 26. The van der Waals surface area contributed by atoms with Gasteiger partial charge in [0.1, 0.15) is 29.6 Å². The maximum atomic E-state index is 15.3. The predicted octanol–water partition coefficient (Wildman–Crippen LogP) is 4.64. The zero-order valence-electron chi connectivity index (χ0n) is 42.1. The highest BCUT2D eigenvalue weighted by Gasteiger charge is 2.45. The van der Waals surface area contributed by atoms with E-state index in [1.807, 2.05) is 61.0 Å². The standard InChI is InChI=1S/C53H62FN11O10/c1-35(58-50(68)37-8-7-9-38(30-37)56-33-46-60-61-49(62(46)2)43-16-18-55-34-57-43)36-10-12-39(13-11-36)75-24-6-4-3-5-23-72-26-28-74-29-27-73-25-17-48(67)64-21-19-63(20-22-64)45-32-41-40(31-42(45)54)52(70)65(53(41)71)44-14-15-47(66)59-51(44)69/h7-13,16,18,30-32,34-35,44,56H,3-6,14-15,17,19-29,33H2,1-2H3,(H,58,68)(H,59,66,69)/t35-,44?/m1/s1. The summed E-state index contributed by atoms with van der Waals surface area (Å²) in [6, 6.07) is 17.9. The molecule has 3 aliphatic rings. The third-order valence-electron chi connectivity index (χ3n) is 13.2. The number of hydrogen-bond acceptors (Lipinski definition) is 16. The molecular formula is C53H62FN11O10. The van der Waals surface area contributed by atoms with E-state index in [2.05, 4.69) is 36.1 Å². The van der Waals surface area contributed by atoms with Gasteiger partial charge in [-0.05, 0) is 86.7 Å². The van der Waals surface area contributed by atoms with Crippen LogP contribution in [0.15, 0.2) is 79.3 Å². The zero-order chi connectivity index (χ0) is 52.7. The first-order valence-electron chi connectivity index (χ1n) is 25.3. The van der Waals surface area contributed by atoms with Gasteiger partial charge in [-0.15, -0.1) is 10.2 Å². The predicted molar refractivity (Wildman–Crippen MR) is 271 cm³/mol. The smallest absolute Gasteiger partial charge is 0.262 e. The number of carbonyl (C=O) groups is 6. The molecule has 2 atom stereocenters. The van der Waals surface area contributed by atoms with Gasteiger partial charge >= 0.3 is 0 Å². The first-order chi connectivity index (χ1) is 36.4. The monoisotopic (exact) mass is 1030 g/mol. The minimum Gasteiger partial charge on any atom is -0.494 e. The fourth-order valence-corrected chi connectivity index (χ4v) is 8.96. The van der Waals surface area contributed by atoms with Crippen LogP contribution < -0.4 is 25.6 Å². The largest absolute Gasteiger partial charge is 0.494 e. The van der Waals surface area contributed by atoms with Crippen molar-refractivity contribution in [1.29, 1.82) is 0 Å². The highest BCUT2D eigenvalue weighted by Crippen LogP contribution is 2.33. The van der Waals surface area contributed by atoms with Gasteiger partial charge in [-0.2, -0.15) is 0 Å². The molecule has 0 aliphatic carbocycles. The van der Waals surface area contributed by atoms with Crippen LogP contribution in [-0.2, 0) is 42.2 Å². The van der Waals surface area contributed by atoms with Gasteiger partial charge in [-0.25, -0.2) is 14.4 Å². The Labute approximate surface area is 433 Å². The Morgan fingerprint density at radius 1 is 0.813 bits per heavy atom. The van der Waals surface area contributed by atoms with Crippen molar-refractivity contribution in [1.82, 2.24) is 45.2 Å². The molecule has 0 saturated carbocycles. The van der Waals surface area contributed by atoms with Crippen LogP contribution in [0.25, 0.3) is 11.5 Å². The molecule has 2 saturated heterocycles. The second kappa shape index (κ2) is 26.0. The lowest BCUT2D eigenvalue weighted by molar-refractivity contribution is -0.136. The number of halogens is 1. The van der Waals surface area contributed by atoms with Gasteiger partial charge in [-0.3, -0.25) is 39.0 Å². The molecule has 396 valence electrons. The Hall–Kier alpha value is -7.69.